The highest BCUT2D eigenvalue weighted by atomic mass is 16.4. The van der Waals surface area contributed by atoms with Crippen LogP contribution in [0.15, 0.2) is 24.3 Å². The van der Waals surface area contributed by atoms with E-state index in [0.717, 1.165) is 36.8 Å². The number of unbranched alkanes of at least 4 members (excludes halogenated alkanes) is 2. The van der Waals surface area contributed by atoms with Gasteiger partial charge in [-0.1, -0.05) is 50.5 Å². The molecule has 1 N–H and O–H groups in total. The average Bonchev–Trinajstić information content (AvgIpc) is 2.25. The van der Waals surface area contributed by atoms with Crippen LogP contribution in [-0.2, 0) is 4.79 Å². The summed E-state index contributed by atoms with van der Waals surface area (Å²) in [5.74, 6) is -1.04. The molecule has 0 aromatic heterocycles. The molecule has 0 spiro atoms. The molecule has 88 valence electrons. The highest BCUT2D eigenvalue weighted by molar-refractivity contribution is 5.76. The van der Waals surface area contributed by atoms with Gasteiger partial charge in [0.15, 0.2) is 0 Å². The van der Waals surface area contributed by atoms with Crippen LogP contribution in [0.3, 0.4) is 0 Å². The van der Waals surface area contributed by atoms with Crippen molar-refractivity contribution in [2.24, 2.45) is 0 Å². The normalized spacial score (nSPS) is 12.4. The van der Waals surface area contributed by atoms with Crippen LogP contribution < -0.4 is 0 Å². The van der Waals surface area contributed by atoms with Crippen LogP contribution in [0.25, 0.3) is 0 Å². The lowest BCUT2D eigenvalue weighted by Crippen LogP contribution is -2.12. The van der Waals surface area contributed by atoms with Crippen molar-refractivity contribution in [2.75, 3.05) is 0 Å². The minimum absolute atomic E-state index is 0.340. The van der Waals surface area contributed by atoms with Gasteiger partial charge in [-0.3, -0.25) is 4.79 Å². The minimum atomic E-state index is -0.703. The number of aliphatic carboxylic acids is 1. The first kappa shape index (κ1) is 12.8. The van der Waals surface area contributed by atoms with Crippen LogP contribution in [0.4, 0.5) is 0 Å². The van der Waals surface area contributed by atoms with Crippen LogP contribution in [-0.4, -0.2) is 11.1 Å². The fraction of sp³-hybridized carbons (Fsp3) is 0.500. The third kappa shape index (κ3) is 3.37. The SMILES string of the molecule is CCCCC[C@H](C(=O)O)c1ccccc1C. The van der Waals surface area contributed by atoms with E-state index in [1.165, 1.54) is 0 Å². The lowest BCUT2D eigenvalue weighted by Gasteiger charge is -2.14. The molecule has 0 aliphatic heterocycles. The molecule has 2 heteroatoms. The molecule has 0 bridgehead atoms. The van der Waals surface area contributed by atoms with Crippen LogP contribution in [0.1, 0.15) is 49.7 Å². The molecule has 0 amide bonds. The van der Waals surface area contributed by atoms with Gasteiger partial charge in [-0.15, -0.1) is 0 Å². The van der Waals surface area contributed by atoms with Crippen LogP contribution in [0, 0.1) is 6.92 Å². The van der Waals surface area contributed by atoms with E-state index >= 15 is 0 Å². The largest absolute Gasteiger partial charge is 0.481 e. The van der Waals surface area contributed by atoms with E-state index in [2.05, 4.69) is 6.92 Å². The molecule has 0 aliphatic carbocycles. The van der Waals surface area contributed by atoms with Crippen molar-refractivity contribution in [3.05, 3.63) is 35.4 Å². The summed E-state index contributed by atoms with van der Waals surface area (Å²) in [5, 5.41) is 9.25. The summed E-state index contributed by atoms with van der Waals surface area (Å²) in [4.78, 5) is 11.2. The Labute approximate surface area is 97.3 Å². The van der Waals surface area contributed by atoms with Gasteiger partial charge in [0.2, 0.25) is 0 Å². The van der Waals surface area contributed by atoms with Gasteiger partial charge in [-0.25, -0.2) is 0 Å². The van der Waals surface area contributed by atoms with Crippen LogP contribution in [0.2, 0.25) is 0 Å². The molecule has 2 nitrogen and oxygen atoms in total. The maximum Gasteiger partial charge on any atom is 0.310 e. The Morgan fingerprint density at radius 3 is 2.56 bits per heavy atom. The highest BCUT2D eigenvalue weighted by Gasteiger charge is 2.20. The number of hydrogen-bond donors (Lipinski definition) is 1. The second kappa shape index (κ2) is 6.31. The molecule has 0 fully saturated rings. The van der Waals surface area contributed by atoms with Gasteiger partial charge in [0.05, 0.1) is 5.92 Å². The summed E-state index contributed by atoms with van der Waals surface area (Å²) < 4.78 is 0. The first-order valence-corrected chi connectivity index (χ1v) is 5.95. The van der Waals surface area contributed by atoms with Crippen molar-refractivity contribution in [1.29, 1.82) is 0 Å². The van der Waals surface area contributed by atoms with E-state index in [9.17, 15) is 9.90 Å². The lowest BCUT2D eigenvalue weighted by atomic mass is 9.90. The van der Waals surface area contributed by atoms with Gasteiger partial charge in [0.25, 0.3) is 0 Å². The first-order valence-electron chi connectivity index (χ1n) is 5.95. The number of hydrogen-bond acceptors (Lipinski definition) is 1. The van der Waals surface area contributed by atoms with Crippen molar-refractivity contribution >= 4 is 5.97 Å². The fourth-order valence-electron chi connectivity index (χ4n) is 1.99. The summed E-state index contributed by atoms with van der Waals surface area (Å²) in [6.07, 6.45) is 3.96. The van der Waals surface area contributed by atoms with Gasteiger partial charge >= 0.3 is 5.97 Å². The number of benzene rings is 1. The molecule has 0 unspecified atom stereocenters. The van der Waals surface area contributed by atoms with E-state index in [0.29, 0.717) is 0 Å². The molecule has 1 rings (SSSR count). The Morgan fingerprint density at radius 2 is 2.00 bits per heavy atom. The van der Waals surface area contributed by atoms with Crippen LogP contribution in [0.5, 0.6) is 0 Å². The van der Waals surface area contributed by atoms with Crippen LogP contribution >= 0.6 is 0 Å². The first-order chi connectivity index (χ1) is 7.66. The van der Waals surface area contributed by atoms with Crippen molar-refractivity contribution < 1.29 is 9.90 Å². The maximum atomic E-state index is 11.2. The van der Waals surface area contributed by atoms with Crippen molar-refractivity contribution in [1.82, 2.24) is 0 Å². The molecule has 1 atom stereocenters. The molecule has 1 aromatic carbocycles. The van der Waals surface area contributed by atoms with Gasteiger partial charge in [0, 0.05) is 0 Å². The summed E-state index contributed by atoms with van der Waals surface area (Å²) >= 11 is 0. The Morgan fingerprint density at radius 1 is 1.31 bits per heavy atom. The summed E-state index contributed by atoms with van der Waals surface area (Å²) in [6, 6.07) is 7.77. The fourth-order valence-corrected chi connectivity index (χ4v) is 1.99. The second-order valence-corrected chi connectivity index (χ2v) is 4.24. The van der Waals surface area contributed by atoms with Gasteiger partial charge in [-0.05, 0) is 24.5 Å². The van der Waals surface area contributed by atoms with Crippen molar-refractivity contribution in [3.8, 4) is 0 Å². The predicted octanol–water partition coefficient (Wildman–Crippen LogP) is 3.74. The van der Waals surface area contributed by atoms with Gasteiger partial charge in [0.1, 0.15) is 0 Å². The monoisotopic (exact) mass is 220 g/mol. The number of rotatable bonds is 6. The topological polar surface area (TPSA) is 37.3 Å². The minimum Gasteiger partial charge on any atom is -0.481 e. The summed E-state index contributed by atoms with van der Waals surface area (Å²) in [5.41, 5.74) is 2.04. The summed E-state index contributed by atoms with van der Waals surface area (Å²) in [6.45, 7) is 4.11. The smallest absolute Gasteiger partial charge is 0.310 e. The molecule has 1 aromatic rings. The maximum absolute atomic E-state index is 11.2. The van der Waals surface area contributed by atoms with Crippen molar-refractivity contribution in [3.63, 3.8) is 0 Å². The number of carbonyl (C=O) groups is 1. The van der Waals surface area contributed by atoms with E-state index in [1.54, 1.807) is 0 Å². The zero-order chi connectivity index (χ0) is 12.0. The zero-order valence-corrected chi connectivity index (χ0v) is 10.1. The predicted molar refractivity (Wildman–Crippen MR) is 65.7 cm³/mol. The second-order valence-electron chi connectivity index (χ2n) is 4.24. The summed E-state index contributed by atoms with van der Waals surface area (Å²) in [7, 11) is 0. The van der Waals surface area contributed by atoms with E-state index in [-0.39, 0.29) is 5.92 Å². The highest BCUT2D eigenvalue weighted by Crippen LogP contribution is 2.25. The number of aryl methyl sites for hydroxylation is 1. The Balaban J connectivity index is 2.78. The number of carboxylic acid groups (broad SMARTS) is 1. The lowest BCUT2D eigenvalue weighted by molar-refractivity contribution is -0.139. The van der Waals surface area contributed by atoms with E-state index in [4.69, 9.17) is 0 Å². The molecular weight excluding hydrogens is 200 g/mol. The van der Waals surface area contributed by atoms with E-state index in [1.807, 2.05) is 31.2 Å². The van der Waals surface area contributed by atoms with Crippen molar-refractivity contribution in [2.45, 2.75) is 45.4 Å². The molecule has 0 aliphatic rings. The molecule has 16 heavy (non-hydrogen) atoms. The number of carboxylic acids is 1. The Bertz CT molecular complexity index is 344. The Kier molecular flexibility index (Phi) is 5.03. The van der Waals surface area contributed by atoms with Gasteiger partial charge in [-0.2, -0.15) is 0 Å². The third-order valence-electron chi connectivity index (χ3n) is 2.96. The molecule has 0 saturated carbocycles. The Hall–Kier alpha value is -1.31. The molecule has 0 saturated heterocycles. The van der Waals surface area contributed by atoms with E-state index < -0.39 is 5.97 Å². The molecule has 0 heterocycles. The van der Waals surface area contributed by atoms with Gasteiger partial charge < -0.3 is 5.11 Å². The average molecular weight is 220 g/mol. The molecule has 0 radical (unpaired) electrons. The quantitative estimate of drug-likeness (QED) is 0.741. The zero-order valence-electron chi connectivity index (χ0n) is 10.1. The molecular formula is C14H20O2. The third-order valence-corrected chi connectivity index (χ3v) is 2.96. The standard InChI is InChI=1S/C14H20O2/c1-3-4-5-10-13(14(15)16)12-9-7-6-8-11(12)2/h6-9,13H,3-5,10H2,1-2H3,(H,15,16)/t13-/m0/s1.